The van der Waals surface area contributed by atoms with Crippen LogP contribution in [-0.2, 0) is 0 Å². The quantitative estimate of drug-likeness (QED) is 0.117. The predicted octanol–water partition coefficient (Wildman–Crippen LogP) is 6.45. The highest BCUT2D eigenvalue weighted by molar-refractivity contribution is 14.1. The maximum atomic E-state index is 11.5. The number of rotatable bonds is 10. The lowest BCUT2D eigenvalue weighted by Gasteiger charge is -2.14. The summed E-state index contributed by atoms with van der Waals surface area (Å²) in [7, 11) is 0. The van der Waals surface area contributed by atoms with E-state index in [2.05, 4.69) is 4.99 Å². The summed E-state index contributed by atoms with van der Waals surface area (Å²) < 4.78 is 17.6. The first-order valence-electron chi connectivity index (χ1n) is 10.2. The number of hydrogen-bond acceptors (Lipinski definition) is 8. The average Bonchev–Trinajstić information content (AvgIpc) is 2.81. The van der Waals surface area contributed by atoms with E-state index in [1.54, 1.807) is 25.3 Å². The zero-order valence-electron chi connectivity index (χ0n) is 18.3. The van der Waals surface area contributed by atoms with Crippen molar-refractivity contribution in [2.45, 2.75) is 13.8 Å². The molecule has 0 aliphatic heterocycles. The smallest absolute Gasteiger partial charge is 0.318 e. The van der Waals surface area contributed by atoms with Crippen molar-refractivity contribution in [1.29, 1.82) is 0 Å². The summed E-state index contributed by atoms with van der Waals surface area (Å²) in [5.41, 5.74) is 0.541. The molecule has 0 amide bonds. The third kappa shape index (κ3) is 6.19. The Labute approximate surface area is 208 Å². The van der Waals surface area contributed by atoms with E-state index in [0.717, 1.165) is 29.1 Å². The van der Waals surface area contributed by atoms with Crippen LogP contribution in [0.1, 0.15) is 19.4 Å². The average molecular weight is 577 g/mol. The maximum absolute atomic E-state index is 11.5. The number of hydrogen-bond donors (Lipinski definition) is 0. The van der Waals surface area contributed by atoms with Gasteiger partial charge >= 0.3 is 5.69 Å². The molecule has 0 fully saturated rings. The minimum atomic E-state index is -0.729. The van der Waals surface area contributed by atoms with Crippen molar-refractivity contribution in [1.82, 2.24) is 0 Å². The van der Waals surface area contributed by atoms with Gasteiger partial charge in [-0.05, 0) is 84.5 Å². The van der Waals surface area contributed by atoms with Crippen molar-refractivity contribution in [2.24, 2.45) is 4.99 Å². The first-order chi connectivity index (χ1) is 16.3. The van der Waals surface area contributed by atoms with E-state index in [-0.39, 0.29) is 11.5 Å². The van der Waals surface area contributed by atoms with E-state index < -0.39 is 21.2 Å². The summed E-state index contributed by atoms with van der Waals surface area (Å²) in [6.07, 6.45) is 1.67. The van der Waals surface area contributed by atoms with Crippen molar-refractivity contribution >= 4 is 45.9 Å². The Bertz CT molecular complexity index is 1230. The lowest BCUT2D eigenvalue weighted by molar-refractivity contribution is -0.394. The first-order valence-corrected chi connectivity index (χ1v) is 11.2. The van der Waals surface area contributed by atoms with Gasteiger partial charge in [-0.3, -0.25) is 25.2 Å². The van der Waals surface area contributed by atoms with Gasteiger partial charge in [0.15, 0.2) is 11.5 Å². The van der Waals surface area contributed by atoms with Gasteiger partial charge in [0.2, 0.25) is 5.75 Å². The summed E-state index contributed by atoms with van der Waals surface area (Å²) >= 11 is 2.03. The van der Waals surface area contributed by atoms with Crippen molar-refractivity contribution < 1.29 is 24.1 Å². The zero-order chi connectivity index (χ0) is 24.7. The molecule has 34 heavy (non-hydrogen) atoms. The van der Waals surface area contributed by atoms with Crippen LogP contribution >= 0.6 is 22.6 Å². The third-order valence-corrected chi connectivity index (χ3v) is 5.21. The molecular weight excluding hydrogens is 557 g/mol. The van der Waals surface area contributed by atoms with Crippen LogP contribution in [0.15, 0.2) is 59.6 Å². The van der Waals surface area contributed by atoms with Crippen LogP contribution in [0, 0.1) is 23.8 Å². The monoisotopic (exact) mass is 577 g/mol. The fraction of sp³-hybridized carbons (Fsp3) is 0.174. The Morgan fingerprint density at radius 2 is 1.62 bits per heavy atom. The highest BCUT2D eigenvalue weighted by atomic mass is 127. The Hall–Kier alpha value is -3.74. The molecule has 0 unspecified atom stereocenters. The molecule has 0 bridgehead atoms. The molecule has 0 heterocycles. The summed E-state index contributed by atoms with van der Waals surface area (Å²) in [6.45, 7) is 4.62. The molecule has 0 atom stereocenters. The van der Waals surface area contributed by atoms with E-state index in [9.17, 15) is 20.2 Å². The standard InChI is InChI=1S/C23H20IN3O7/c1-3-32-18-8-5-16(6-9-18)25-14-15-11-19(24)23(22(12-15)33-4-2)34-21-10-7-17(26(28)29)13-20(21)27(30)31/h5-14H,3-4H2,1-2H3. The van der Waals surface area contributed by atoms with Gasteiger partial charge in [0.1, 0.15) is 5.75 Å². The molecule has 0 radical (unpaired) electrons. The highest BCUT2D eigenvalue weighted by Crippen LogP contribution is 2.41. The molecule has 0 aromatic heterocycles. The van der Waals surface area contributed by atoms with Crippen molar-refractivity contribution in [3.8, 4) is 23.0 Å². The van der Waals surface area contributed by atoms with Crippen LogP contribution in [0.2, 0.25) is 0 Å². The molecule has 0 saturated heterocycles. The van der Waals surface area contributed by atoms with Crippen LogP contribution in [-0.4, -0.2) is 29.3 Å². The molecule has 10 nitrogen and oxygen atoms in total. The van der Waals surface area contributed by atoms with Gasteiger partial charge in [0.25, 0.3) is 5.69 Å². The van der Waals surface area contributed by atoms with Crippen LogP contribution in [0.5, 0.6) is 23.0 Å². The minimum Gasteiger partial charge on any atom is -0.494 e. The molecular formula is C23H20IN3O7. The number of nitrogens with zero attached hydrogens (tertiary/aromatic N) is 3. The zero-order valence-corrected chi connectivity index (χ0v) is 20.4. The molecule has 176 valence electrons. The molecule has 3 rings (SSSR count). The Balaban J connectivity index is 1.92. The fourth-order valence-corrected chi connectivity index (χ4v) is 3.66. The van der Waals surface area contributed by atoms with Crippen LogP contribution in [0.4, 0.5) is 17.1 Å². The Morgan fingerprint density at radius 3 is 2.24 bits per heavy atom. The number of aliphatic imine (C=N–C) groups is 1. The number of ether oxygens (including phenoxy) is 3. The van der Waals surface area contributed by atoms with Crippen molar-refractivity contribution in [3.05, 3.63) is 84.0 Å². The molecule has 11 heteroatoms. The summed E-state index contributed by atoms with van der Waals surface area (Å²) in [5.74, 6) is 1.24. The second-order valence-corrected chi connectivity index (χ2v) is 7.88. The van der Waals surface area contributed by atoms with Crippen LogP contribution < -0.4 is 14.2 Å². The molecule has 3 aromatic carbocycles. The highest BCUT2D eigenvalue weighted by Gasteiger charge is 2.23. The van der Waals surface area contributed by atoms with Gasteiger partial charge in [0, 0.05) is 12.3 Å². The number of halogens is 1. The SMILES string of the molecule is CCOc1ccc(N=Cc2cc(I)c(Oc3ccc([N+](=O)[O-])cc3[N+](=O)[O-])c(OCC)c2)cc1. The summed E-state index contributed by atoms with van der Waals surface area (Å²) in [5, 5.41) is 22.4. The Morgan fingerprint density at radius 1 is 0.912 bits per heavy atom. The number of nitro benzene ring substituents is 2. The second kappa shape index (κ2) is 11.4. The van der Waals surface area contributed by atoms with E-state index in [0.29, 0.717) is 22.5 Å². The van der Waals surface area contributed by atoms with Gasteiger partial charge in [0.05, 0.1) is 38.4 Å². The van der Waals surface area contributed by atoms with Gasteiger partial charge < -0.3 is 14.2 Å². The molecule has 0 spiro atoms. The van der Waals surface area contributed by atoms with E-state index in [4.69, 9.17) is 14.2 Å². The number of benzene rings is 3. The van der Waals surface area contributed by atoms with Gasteiger partial charge in [-0.15, -0.1) is 0 Å². The van der Waals surface area contributed by atoms with Gasteiger partial charge in [-0.1, -0.05) is 0 Å². The minimum absolute atomic E-state index is 0.134. The predicted molar refractivity (Wildman–Crippen MR) is 135 cm³/mol. The maximum Gasteiger partial charge on any atom is 0.318 e. The normalized spacial score (nSPS) is 10.8. The largest absolute Gasteiger partial charge is 0.494 e. The van der Waals surface area contributed by atoms with Crippen LogP contribution in [0.25, 0.3) is 0 Å². The molecule has 0 N–H and O–H groups in total. The second-order valence-electron chi connectivity index (χ2n) is 6.72. The van der Waals surface area contributed by atoms with Gasteiger partial charge in [-0.25, -0.2) is 0 Å². The third-order valence-electron chi connectivity index (χ3n) is 4.40. The molecule has 0 aliphatic carbocycles. The van der Waals surface area contributed by atoms with E-state index >= 15 is 0 Å². The first kappa shape index (κ1) is 24.9. The summed E-state index contributed by atoms with van der Waals surface area (Å²) in [4.78, 5) is 25.5. The van der Waals surface area contributed by atoms with E-state index in [1.807, 2.05) is 53.8 Å². The topological polar surface area (TPSA) is 126 Å². The van der Waals surface area contributed by atoms with Crippen molar-refractivity contribution in [2.75, 3.05) is 13.2 Å². The van der Waals surface area contributed by atoms with Gasteiger partial charge in [-0.2, -0.15) is 0 Å². The van der Waals surface area contributed by atoms with Crippen molar-refractivity contribution in [3.63, 3.8) is 0 Å². The molecule has 0 aliphatic rings. The molecule has 3 aromatic rings. The van der Waals surface area contributed by atoms with Crippen LogP contribution in [0.3, 0.4) is 0 Å². The molecule has 0 saturated carbocycles. The Kier molecular flexibility index (Phi) is 8.35. The number of non-ortho nitro benzene ring substituents is 1. The number of nitro groups is 2. The lowest BCUT2D eigenvalue weighted by Crippen LogP contribution is -2.01. The van der Waals surface area contributed by atoms with E-state index in [1.165, 1.54) is 6.07 Å². The fourth-order valence-electron chi connectivity index (χ4n) is 2.93. The summed E-state index contributed by atoms with van der Waals surface area (Å²) in [6, 6.07) is 14.0. The lowest BCUT2D eigenvalue weighted by atomic mass is 10.2.